The van der Waals surface area contributed by atoms with Crippen LogP contribution in [-0.2, 0) is 4.79 Å². The molecule has 0 aliphatic heterocycles. The molecule has 4 fully saturated rings. The molecule has 190 valence electrons. The second kappa shape index (κ2) is 8.48. The molecule has 0 aromatic carbocycles. The van der Waals surface area contributed by atoms with Crippen LogP contribution in [0, 0.1) is 58.2 Å². The van der Waals surface area contributed by atoms with Crippen molar-refractivity contribution in [2.45, 2.75) is 111 Å². The maximum absolute atomic E-state index is 12.2. The maximum Gasteiger partial charge on any atom is 0.306 e. The largest absolute Gasteiger partial charge is 0.481 e. The van der Waals surface area contributed by atoms with Crippen LogP contribution in [0.25, 0.3) is 0 Å². The quantitative estimate of drug-likeness (QED) is 0.472. The first-order valence-electron chi connectivity index (χ1n) is 13.6. The van der Waals surface area contributed by atoms with Crippen LogP contribution < -0.4 is 0 Å². The summed E-state index contributed by atoms with van der Waals surface area (Å²) >= 11 is 0. The smallest absolute Gasteiger partial charge is 0.306 e. The fourth-order valence-corrected chi connectivity index (χ4v) is 10.2. The van der Waals surface area contributed by atoms with Crippen LogP contribution in [-0.4, -0.2) is 44.2 Å². The van der Waals surface area contributed by atoms with Gasteiger partial charge in [-0.05, 0) is 104 Å². The van der Waals surface area contributed by atoms with Gasteiger partial charge in [-0.1, -0.05) is 41.0 Å². The number of carboxylic acid groups (broad SMARTS) is 1. The van der Waals surface area contributed by atoms with E-state index in [9.17, 15) is 25.2 Å². The molecule has 4 unspecified atom stereocenters. The standard InChI is InChI=1S/C28H48O5/c1-7-18-21-13-17(29)10-11-26(21,4)22-14-23(30)27(5)19(15(2)12-16(3)25(31)32)8-9-20(27)24(22)28(18,6)33/h15-24,29-30,33H,7-14H2,1-6H3,(H,31,32)/t15-,16?,17+,18+,19+,20?,21-,22?,23-,24?,26-,27+,28-/m0/s1. The Morgan fingerprint density at radius 3 is 2.27 bits per heavy atom. The first-order valence-corrected chi connectivity index (χ1v) is 13.6. The van der Waals surface area contributed by atoms with Crippen molar-refractivity contribution in [1.29, 1.82) is 0 Å². The van der Waals surface area contributed by atoms with Gasteiger partial charge in [-0.15, -0.1) is 0 Å². The zero-order valence-electron chi connectivity index (χ0n) is 21.6. The van der Waals surface area contributed by atoms with Crippen LogP contribution >= 0.6 is 0 Å². The van der Waals surface area contributed by atoms with Gasteiger partial charge in [0, 0.05) is 0 Å². The number of hydrogen-bond acceptors (Lipinski definition) is 4. The van der Waals surface area contributed by atoms with Gasteiger partial charge in [-0.2, -0.15) is 0 Å². The van der Waals surface area contributed by atoms with Gasteiger partial charge in [0.1, 0.15) is 0 Å². The molecule has 0 amide bonds. The molecule has 0 heterocycles. The van der Waals surface area contributed by atoms with Crippen LogP contribution in [0.1, 0.15) is 92.9 Å². The average molecular weight is 465 g/mol. The second-order valence-electron chi connectivity index (χ2n) is 13.3. The van der Waals surface area contributed by atoms with Gasteiger partial charge in [-0.25, -0.2) is 0 Å². The van der Waals surface area contributed by atoms with E-state index in [1.807, 2.05) is 0 Å². The summed E-state index contributed by atoms with van der Waals surface area (Å²) in [6.45, 7) is 12.8. The van der Waals surface area contributed by atoms with Crippen molar-refractivity contribution in [1.82, 2.24) is 0 Å². The number of aliphatic hydroxyl groups is 3. The van der Waals surface area contributed by atoms with E-state index in [1.165, 1.54) is 0 Å². The van der Waals surface area contributed by atoms with Crippen LogP contribution in [0.5, 0.6) is 0 Å². The van der Waals surface area contributed by atoms with Crippen LogP contribution in [0.15, 0.2) is 0 Å². The molecule has 4 rings (SSSR count). The van der Waals surface area contributed by atoms with E-state index < -0.39 is 17.7 Å². The van der Waals surface area contributed by atoms with Gasteiger partial charge in [0.2, 0.25) is 0 Å². The third-order valence-electron chi connectivity index (χ3n) is 11.9. The zero-order chi connectivity index (χ0) is 24.5. The first-order chi connectivity index (χ1) is 15.3. The molecule has 5 heteroatoms. The summed E-state index contributed by atoms with van der Waals surface area (Å²) in [6.07, 6.45) is 6.10. The molecule has 33 heavy (non-hydrogen) atoms. The summed E-state index contributed by atoms with van der Waals surface area (Å²) in [5, 5.41) is 43.9. The van der Waals surface area contributed by atoms with Gasteiger partial charge in [0.05, 0.1) is 23.7 Å². The molecule has 4 N–H and O–H groups in total. The Balaban J connectivity index is 1.71. The minimum absolute atomic E-state index is 0.0383. The highest BCUT2D eigenvalue weighted by molar-refractivity contribution is 5.69. The van der Waals surface area contributed by atoms with E-state index in [4.69, 9.17) is 0 Å². The van der Waals surface area contributed by atoms with E-state index in [1.54, 1.807) is 6.92 Å². The summed E-state index contributed by atoms with van der Waals surface area (Å²) in [5.74, 6) is 0.447. The zero-order valence-corrected chi connectivity index (χ0v) is 21.6. The van der Waals surface area contributed by atoms with Crippen molar-refractivity contribution < 1.29 is 25.2 Å². The van der Waals surface area contributed by atoms with Crippen LogP contribution in [0.4, 0.5) is 0 Å². The SMILES string of the molecule is CC[C@@H]1[C@@H]2C[C@H](O)CC[C@]2(C)C2C[C@H](O)[C@@]3(C)C(CC[C@@H]3[C@@H](C)CC(C)C(=O)O)C2[C@@]1(C)O. The molecule has 0 spiro atoms. The van der Waals surface area contributed by atoms with E-state index in [0.29, 0.717) is 12.8 Å². The van der Waals surface area contributed by atoms with E-state index in [0.717, 1.165) is 38.5 Å². The monoisotopic (exact) mass is 464 g/mol. The summed E-state index contributed by atoms with van der Waals surface area (Å²) in [6, 6.07) is 0. The van der Waals surface area contributed by atoms with Crippen molar-refractivity contribution in [3.05, 3.63) is 0 Å². The number of hydrogen-bond donors (Lipinski definition) is 4. The fourth-order valence-electron chi connectivity index (χ4n) is 10.2. The Morgan fingerprint density at radius 2 is 1.67 bits per heavy atom. The molecule has 4 aliphatic rings. The van der Waals surface area contributed by atoms with E-state index in [2.05, 4.69) is 34.6 Å². The summed E-state index contributed by atoms with van der Waals surface area (Å²) < 4.78 is 0. The number of rotatable bonds is 5. The highest BCUT2D eigenvalue weighted by Gasteiger charge is 2.70. The highest BCUT2D eigenvalue weighted by atomic mass is 16.4. The van der Waals surface area contributed by atoms with Gasteiger partial charge < -0.3 is 20.4 Å². The van der Waals surface area contributed by atoms with Crippen molar-refractivity contribution >= 4 is 5.97 Å². The van der Waals surface area contributed by atoms with E-state index in [-0.39, 0.29) is 64.3 Å². The van der Waals surface area contributed by atoms with Gasteiger partial charge in [-0.3, -0.25) is 4.79 Å². The number of fused-ring (bicyclic) bond motifs is 5. The van der Waals surface area contributed by atoms with Gasteiger partial charge in [0.25, 0.3) is 0 Å². The number of aliphatic carboxylic acids is 1. The molecule has 0 bridgehead atoms. The van der Waals surface area contributed by atoms with Crippen LogP contribution in [0.2, 0.25) is 0 Å². The molecular weight excluding hydrogens is 416 g/mol. The summed E-state index contributed by atoms with van der Waals surface area (Å²) in [5.41, 5.74) is -1.08. The average Bonchev–Trinajstić information content (AvgIpc) is 3.08. The molecule has 4 saturated carbocycles. The van der Waals surface area contributed by atoms with Gasteiger partial charge in [0.15, 0.2) is 0 Å². The lowest BCUT2D eigenvalue weighted by atomic mass is 9.38. The summed E-state index contributed by atoms with van der Waals surface area (Å²) in [7, 11) is 0. The molecule has 0 aromatic heterocycles. The molecule has 5 nitrogen and oxygen atoms in total. The fraction of sp³-hybridized carbons (Fsp3) is 0.964. The van der Waals surface area contributed by atoms with Gasteiger partial charge >= 0.3 is 5.97 Å². The Labute approximate surface area is 200 Å². The second-order valence-corrected chi connectivity index (χ2v) is 13.3. The Bertz CT molecular complexity index is 751. The van der Waals surface area contributed by atoms with Crippen molar-refractivity contribution in [3.8, 4) is 0 Å². The predicted octanol–water partition coefficient (Wildman–Crippen LogP) is 4.72. The number of carboxylic acids is 1. The molecule has 0 radical (unpaired) electrons. The lowest BCUT2D eigenvalue weighted by Gasteiger charge is -2.68. The number of carbonyl (C=O) groups is 1. The van der Waals surface area contributed by atoms with E-state index >= 15 is 0 Å². The topological polar surface area (TPSA) is 98.0 Å². The molecule has 4 aliphatic carbocycles. The predicted molar refractivity (Wildman–Crippen MR) is 128 cm³/mol. The molecule has 0 aromatic rings. The Morgan fingerprint density at radius 1 is 1.00 bits per heavy atom. The third kappa shape index (κ3) is 3.62. The third-order valence-corrected chi connectivity index (χ3v) is 11.9. The first kappa shape index (κ1) is 25.4. The molecular formula is C28H48O5. The lowest BCUT2D eigenvalue weighted by molar-refractivity contribution is -0.263. The Kier molecular flexibility index (Phi) is 6.54. The van der Waals surface area contributed by atoms with Crippen LogP contribution in [0.3, 0.4) is 0 Å². The normalized spacial score (nSPS) is 53.5. The number of aliphatic hydroxyl groups excluding tert-OH is 2. The maximum atomic E-state index is 12.2. The van der Waals surface area contributed by atoms with Crippen molar-refractivity contribution in [2.24, 2.45) is 58.2 Å². The van der Waals surface area contributed by atoms with Crippen molar-refractivity contribution in [2.75, 3.05) is 0 Å². The minimum atomic E-state index is -0.820. The minimum Gasteiger partial charge on any atom is -0.481 e. The summed E-state index contributed by atoms with van der Waals surface area (Å²) in [4.78, 5) is 11.5. The molecule has 0 saturated heterocycles. The Hall–Kier alpha value is -0.650. The molecule has 13 atom stereocenters. The highest BCUT2D eigenvalue weighted by Crippen LogP contribution is 2.71. The lowest BCUT2D eigenvalue weighted by Crippen LogP contribution is -2.69. The van der Waals surface area contributed by atoms with Crippen molar-refractivity contribution in [3.63, 3.8) is 0 Å².